The van der Waals surface area contributed by atoms with E-state index in [2.05, 4.69) is 20.6 Å². The van der Waals surface area contributed by atoms with Gasteiger partial charge in [0.2, 0.25) is 0 Å². The normalized spacial score (nSPS) is 15.4. The molecule has 0 aliphatic carbocycles. The van der Waals surface area contributed by atoms with Gasteiger partial charge >= 0.3 is 0 Å². The van der Waals surface area contributed by atoms with E-state index in [0.717, 1.165) is 13.0 Å². The number of nitrogen functional groups attached to an aromatic ring is 1. The zero-order valence-corrected chi connectivity index (χ0v) is 11.1. The van der Waals surface area contributed by atoms with Crippen molar-refractivity contribution in [3.05, 3.63) is 24.0 Å². The summed E-state index contributed by atoms with van der Waals surface area (Å²) in [5.74, 6) is 5.10. The van der Waals surface area contributed by atoms with Gasteiger partial charge in [-0.25, -0.2) is 4.98 Å². The minimum Gasteiger partial charge on any atom is -0.351 e. The third-order valence-electron chi connectivity index (χ3n) is 3.30. The first kappa shape index (κ1) is 13.8. The molecule has 6 heteroatoms. The molecule has 0 radical (unpaired) electrons. The van der Waals surface area contributed by atoms with Crippen molar-refractivity contribution in [1.29, 1.82) is 0 Å². The van der Waals surface area contributed by atoms with Crippen LogP contribution >= 0.6 is 0 Å². The van der Waals surface area contributed by atoms with Crippen molar-refractivity contribution in [3.63, 3.8) is 0 Å². The maximum atomic E-state index is 11.8. The average Bonchev–Trinajstić information content (AvgIpc) is 2.96. The van der Waals surface area contributed by atoms with Gasteiger partial charge < -0.3 is 15.6 Å². The lowest BCUT2D eigenvalue weighted by atomic mass is 10.3. The molecule has 6 nitrogen and oxygen atoms in total. The van der Waals surface area contributed by atoms with Crippen LogP contribution in [0.2, 0.25) is 0 Å². The Kier molecular flexibility index (Phi) is 5.11. The molecule has 1 aromatic rings. The Labute approximate surface area is 113 Å². The second-order valence-electron chi connectivity index (χ2n) is 4.73. The number of anilines is 1. The minimum atomic E-state index is -0.134. The minimum absolute atomic E-state index is 0.134. The second kappa shape index (κ2) is 7.06. The molecule has 0 saturated carbocycles. The molecule has 2 rings (SSSR count). The third kappa shape index (κ3) is 4.18. The Morgan fingerprint density at radius 3 is 2.79 bits per heavy atom. The smallest absolute Gasteiger partial charge is 0.269 e. The Morgan fingerprint density at radius 2 is 2.16 bits per heavy atom. The molecule has 1 fully saturated rings. The fraction of sp³-hybridized carbons (Fsp3) is 0.538. The monoisotopic (exact) mass is 263 g/mol. The molecule has 1 aromatic heterocycles. The van der Waals surface area contributed by atoms with Gasteiger partial charge in [-0.1, -0.05) is 0 Å². The number of nitrogens with two attached hydrogens (primary N) is 1. The lowest BCUT2D eigenvalue weighted by molar-refractivity contribution is 0.0947. The van der Waals surface area contributed by atoms with Crippen molar-refractivity contribution in [2.75, 3.05) is 31.6 Å². The number of hydrogen-bond donors (Lipinski definition) is 3. The molecule has 0 spiro atoms. The van der Waals surface area contributed by atoms with Gasteiger partial charge in [0.05, 0.1) is 11.9 Å². The Morgan fingerprint density at radius 1 is 1.37 bits per heavy atom. The quantitative estimate of drug-likeness (QED) is 0.397. The molecule has 4 N–H and O–H groups in total. The average molecular weight is 263 g/mol. The molecule has 0 atom stereocenters. The zero-order chi connectivity index (χ0) is 13.5. The number of nitrogens with one attached hydrogen (secondary N) is 2. The van der Waals surface area contributed by atoms with Crippen LogP contribution < -0.4 is 16.6 Å². The summed E-state index contributed by atoms with van der Waals surface area (Å²) in [6.45, 7) is 4.14. The number of aromatic nitrogens is 1. The van der Waals surface area contributed by atoms with Crippen LogP contribution in [0.25, 0.3) is 0 Å². The third-order valence-corrected chi connectivity index (χ3v) is 3.30. The Balaban J connectivity index is 1.68. The van der Waals surface area contributed by atoms with Crippen molar-refractivity contribution < 1.29 is 4.79 Å². The van der Waals surface area contributed by atoms with E-state index in [1.165, 1.54) is 25.9 Å². The predicted molar refractivity (Wildman–Crippen MR) is 74.7 cm³/mol. The van der Waals surface area contributed by atoms with Gasteiger partial charge in [-0.2, -0.15) is 0 Å². The highest BCUT2D eigenvalue weighted by Crippen LogP contribution is 2.07. The number of carbonyl (C=O) groups excluding carboxylic acids is 1. The first-order valence-corrected chi connectivity index (χ1v) is 6.73. The molecular weight excluding hydrogens is 242 g/mol. The topological polar surface area (TPSA) is 83.3 Å². The summed E-state index contributed by atoms with van der Waals surface area (Å²) in [4.78, 5) is 18.3. The van der Waals surface area contributed by atoms with E-state index in [1.54, 1.807) is 18.3 Å². The van der Waals surface area contributed by atoms with E-state index in [-0.39, 0.29) is 5.91 Å². The Bertz CT molecular complexity index is 400. The molecule has 0 aromatic carbocycles. The number of rotatable bonds is 6. The first-order chi connectivity index (χ1) is 9.29. The molecular formula is C13H21N5O. The molecule has 2 heterocycles. The van der Waals surface area contributed by atoms with Crippen LogP contribution in [-0.4, -0.2) is 42.0 Å². The maximum absolute atomic E-state index is 11.8. The van der Waals surface area contributed by atoms with Gasteiger partial charge in [0.25, 0.3) is 5.91 Å². The first-order valence-electron chi connectivity index (χ1n) is 6.73. The summed E-state index contributed by atoms with van der Waals surface area (Å²) in [6.07, 6.45) is 5.13. The standard InChI is InChI=1S/C13H21N5O/c14-17-11-4-5-12(16-10-11)13(19)15-6-3-9-18-7-1-2-8-18/h4-5,10,17H,1-3,6-9,14H2,(H,15,19). The SMILES string of the molecule is NNc1ccc(C(=O)NCCCN2CCCC2)nc1. The van der Waals surface area contributed by atoms with Gasteiger partial charge in [-0.3, -0.25) is 10.6 Å². The number of hydrogen-bond acceptors (Lipinski definition) is 5. The lowest BCUT2D eigenvalue weighted by Crippen LogP contribution is -2.29. The van der Waals surface area contributed by atoms with Crippen LogP contribution in [0, 0.1) is 0 Å². The molecule has 1 saturated heterocycles. The highest BCUT2D eigenvalue weighted by Gasteiger charge is 2.11. The number of likely N-dealkylation sites (tertiary alicyclic amines) is 1. The number of carbonyl (C=O) groups is 1. The molecule has 104 valence electrons. The van der Waals surface area contributed by atoms with E-state index in [1.807, 2.05) is 0 Å². The van der Waals surface area contributed by atoms with Gasteiger partial charge in [0.15, 0.2) is 0 Å². The highest BCUT2D eigenvalue weighted by atomic mass is 16.1. The van der Waals surface area contributed by atoms with Gasteiger partial charge in [-0.05, 0) is 51.0 Å². The molecule has 1 aliphatic rings. The van der Waals surface area contributed by atoms with Crippen LogP contribution in [0.1, 0.15) is 29.8 Å². The predicted octanol–water partition coefficient (Wildman–Crippen LogP) is 0.583. The Hall–Kier alpha value is -1.66. The summed E-state index contributed by atoms with van der Waals surface area (Å²) in [6, 6.07) is 3.39. The number of pyridine rings is 1. The molecule has 1 amide bonds. The van der Waals surface area contributed by atoms with Gasteiger partial charge in [-0.15, -0.1) is 0 Å². The van der Waals surface area contributed by atoms with Crippen molar-refractivity contribution in [2.45, 2.75) is 19.3 Å². The van der Waals surface area contributed by atoms with Crippen molar-refractivity contribution in [1.82, 2.24) is 15.2 Å². The van der Waals surface area contributed by atoms with E-state index in [4.69, 9.17) is 5.84 Å². The van der Waals surface area contributed by atoms with Crippen molar-refractivity contribution in [2.24, 2.45) is 5.84 Å². The van der Waals surface area contributed by atoms with Crippen LogP contribution in [0.3, 0.4) is 0 Å². The summed E-state index contributed by atoms with van der Waals surface area (Å²) in [7, 11) is 0. The molecule has 1 aliphatic heterocycles. The van der Waals surface area contributed by atoms with Crippen LogP contribution in [0.15, 0.2) is 18.3 Å². The largest absolute Gasteiger partial charge is 0.351 e. The summed E-state index contributed by atoms with van der Waals surface area (Å²) in [5, 5.41) is 2.88. The number of nitrogens with zero attached hydrogens (tertiary/aromatic N) is 2. The van der Waals surface area contributed by atoms with Crippen LogP contribution in [-0.2, 0) is 0 Å². The summed E-state index contributed by atoms with van der Waals surface area (Å²) in [5.41, 5.74) is 3.58. The van der Waals surface area contributed by atoms with E-state index >= 15 is 0 Å². The lowest BCUT2D eigenvalue weighted by Gasteiger charge is -2.14. The van der Waals surface area contributed by atoms with E-state index < -0.39 is 0 Å². The van der Waals surface area contributed by atoms with Gasteiger partial charge in [0.1, 0.15) is 5.69 Å². The highest BCUT2D eigenvalue weighted by molar-refractivity contribution is 5.92. The summed E-state index contributed by atoms with van der Waals surface area (Å²) >= 11 is 0. The summed E-state index contributed by atoms with van der Waals surface area (Å²) < 4.78 is 0. The van der Waals surface area contributed by atoms with Gasteiger partial charge in [0, 0.05) is 6.54 Å². The molecule has 0 unspecified atom stereocenters. The fourth-order valence-corrected chi connectivity index (χ4v) is 2.21. The second-order valence-corrected chi connectivity index (χ2v) is 4.73. The van der Waals surface area contributed by atoms with Crippen molar-refractivity contribution in [3.8, 4) is 0 Å². The zero-order valence-electron chi connectivity index (χ0n) is 11.1. The van der Waals surface area contributed by atoms with Crippen LogP contribution in [0.4, 0.5) is 5.69 Å². The molecule has 19 heavy (non-hydrogen) atoms. The molecule has 0 bridgehead atoms. The number of amides is 1. The number of hydrazine groups is 1. The van der Waals surface area contributed by atoms with E-state index in [0.29, 0.717) is 17.9 Å². The maximum Gasteiger partial charge on any atom is 0.269 e. The fourth-order valence-electron chi connectivity index (χ4n) is 2.21. The van der Waals surface area contributed by atoms with Crippen molar-refractivity contribution >= 4 is 11.6 Å². The van der Waals surface area contributed by atoms with Crippen LogP contribution in [0.5, 0.6) is 0 Å². The van der Waals surface area contributed by atoms with E-state index in [9.17, 15) is 4.79 Å².